The molecule has 146 valence electrons. The summed E-state index contributed by atoms with van der Waals surface area (Å²) in [5, 5.41) is 2.89. The Balaban J connectivity index is 1.85. The fraction of sp³-hybridized carbons (Fsp3) is 0.350. The summed E-state index contributed by atoms with van der Waals surface area (Å²) in [6.45, 7) is 2.68. The second-order valence-electron chi connectivity index (χ2n) is 6.18. The normalized spacial score (nSPS) is 11.1. The molecule has 0 saturated heterocycles. The van der Waals surface area contributed by atoms with Gasteiger partial charge in [-0.2, -0.15) is 0 Å². The molecule has 0 bridgehead atoms. The third-order valence-electron chi connectivity index (χ3n) is 4.19. The summed E-state index contributed by atoms with van der Waals surface area (Å²) < 4.78 is 29.9. The van der Waals surface area contributed by atoms with Crippen molar-refractivity contribution in [3.63, 3.8) is 0 Å². The zero-order valence-electron chi connectivity index (χ0n) is 15.9. The van der Waals surface area contributed by atoms with Crippen molar-refractivity contribution in [2.45, 2.75) is 19.8 Å². The summed E-state index contributed by atoms with van der Waals surface area (Å²) in [5.74, 6) is 0.659. The average Bonchev–Trinajstić information content (AvgIpc) is 2.65. The fourth-order valence-electron chi connectivity index (χ4n) is 2.78. The smallest absolute Gasteiger partial charge is 0.251 e. The Hall–Kier alpha value is -2.54. The van der Waals surface area contributed by atoms with E-state index in [9.17, 15) is 13.2 Å². The summed E-state index contributed by atoms with van der Waals surface area (Å²) in [7, 11) is -1.69. The first kappa shape index (κ1) is 20.8. The van der Waals surface area contributed by atoms with Crippen LogP contribution in [-0.2, 0) is 16.4 Å². The lowest BCUT2D eigenvalue weighted by molar-refractivity contribution is 0.0953. The van der Waals surface area contributed by atoms with Crippen LogP contribution >= 0.6 is 0 Å². The molecule has 0 aliphatic heterocycles. The van der Waals surface area contributed by atoms with Gasteiger partial charge < -0.3 is 10.1 Å². The van der Waals surface area contributed by atoms with Crippen LogP contribution in [0.15, 0.2) is 48.5 Å². The number of benzene rings is 2. The van der Waals surface area contributed by atoms with Crippen LogP contribution in [0.4, 0.5) is 5.69 Å². The first-order chi connectivity index (χ1) is 12.8. The Kier molecular flexibility index (Phi) is 7.24. The van der Waals surface area contributed by atoms with Crippen LogP contribution in [0.25, 0.3) is 0 Å². The number of nitrogens with one attached hydrogen (secondary N) is 1. The van der Waals surface area contributed by atoms with Crippen molar-refractivity contribution in [1.82, 2.24) is 5.32 Å². The van der Waals surface area contributed by atoms with Gasteiger partial charge in [-0.05, 0) is 61.7 Å². The van der Waals surface area contributed by atoms with E-state index in [4.69, 9.17) is 4.74 Å². The molecule has 1 N–H and O–H groups in total. The number of methoxy groups -OCH3 is 1. The first-order valence-electron chi connectivity index (χ1n) is 8.84. The molecule has 1 amide bonds. The van der Waals surface area contributed by atoms with Gasteiger partial charge in [0.1, 0.15) is 5.75 Å². The number of nitrogens with zero attached hydrogens (tertiary/aromatic N) is 1. The van der Waals surface area contributed by atoms with E-state index in [1.807, 2.05) is 24.3 Å². The standard InChI is InChI=1S/C20H26N2O4S/c1-4-22(27(3,24)25)18-11-9-17(10-12-18)20(23)21-15-5-6-16-7-13-19(26-2)14-8-16/h7-14H,4-6,15H2,1-3H3,(H,21,23). The lowest BCUT2D eigenvalue weighted by Crippen LogP contribution is -2.29. The van der Waals surface area contributed by atoms with Crippen LogP contribution in [0.3, 0.4) is 0 Å². The molecular weight excluding hydrogens is 364 g/mol. The van der Waals surface area contributed by atoms with Crippen molar-refractivity contribution in [1.29, 1.82) is 0 Å². The summed E-state index contributed by atoms with van der Waals surface area (Å²) >= 11 is 0. The zero-order chi connectivity index (χ0) is 19.9. The van der Waals surface area contributed by atoms with E-state index in [0.29, 0.717) is 24.3 Å². The largest absolute Gasteiger partial charge is 0.497 e. The number of carbonyl (C=O) groups excluding carboxylic acids is 1. The second kappa shape index (κ2) is 9.41. The molecule has 0 radical (unpaired) electrons. The van der Waals surface area contributed by atoms with Crippen LogP contribution in [0.2, 0.25) is 0 Å². The number of aryl methyl sites for hydroxylation is 1. The number of hydrogen-bond acceptors (Lipinski definition) is 4. The fourth-order valence-corrected chi connectivity index (χ4v) is 3.75. The van der Waals surface area contributed by atoms with Gasteiger partial charge in [-0.1, -0.05) is 12.1 Å². The van der Waals surface area contributed by atoms with E-state index < -0.39 is 10.0 Å². The molecule has 27 heavy (non-hydrogen) atoms. The maximum Gasteiger partial charge on any atom is 0.251 e. The van der Waals surface area contributed by atoms with E-state index >= 15 is 0 Å². The molecular formula is C20H26N2O4S. The zero-order valence-corrected chi connectivity index (χ0v) is 16.8. The van der Waals surface area contributed by atoms with Gasteiger partial charge in [-0.15, -0.1) is 0 Å². The highest BCUT2D eigenvalue weighted by Gasteiger charge is 2.15. The van der Waals surface area contributed by atoms with Gasteiger partial charge in [0.25, 0.3) is 5.91 Å². The Bertz CT molecular complexity index is 847. The minimum absolute atomic E-state index is 0.168. The molecule has 0 saturated carbocycles. The molecule has 0 aromatic heterocycles. The van der Waals surface area contributed by atoms with Crippen molar-refractivity contribution in [2.75, 3.05) is 30.8 Å². The number of sulfonamides is 1. The van der Waals surface area contributed by atoms with Gasteiger partial charge in [0.2, 0.25) is 10.0 Å². The number of carbonyl (C=O) groups is 1. The van der Waals surface area contributed by atoms with Crippen LogP contribution in [-0.4, -0.2) is 40.8 Å². The Morgan fingerprint density at radius 3 is 2.22 bits per heavy atom. The molecule has 2 aromatic carbocycles. The first-order valence-corrected chi connectivity index (χ1v) is 10.7. The van der Waals surface area contributed by atoms with Crippen molar-refractivity contribution in [3.05, 3.63) is 59.7 Å². The molecule has 0 aliphatic rings. The Morgan fingerprint density at radius 1 is 1.07 bits per heavy atom. The van der Waals surface area contributed by atoms with Crippen LogP contribution < -0.4 is 14.4 Å². The molecule has 0 aliphatic carbocycles. The number of rotatable bonds is 9. The molecule has 2 aromatic rings. The van der Waals surface area contributed by atoms with Crippen LogP contribution in [0.5, 0.6) is 5.75 Å². The van der Waals surface area contributed by atoms with E-state index in [2.05, 4.69) is 5.32 Å². The third kappa shape index (κ3) is 5.99. The Morgan fingerprint density at radius 2 is 1.70 bits per heavy atom. The highest BCUT2D eigenvalue weighted by atomic mass is 32.2. The summed E-state index contributed by atoms with van der Waals surface area (Å²) in [4.78, 5) is 12.2. The highest BCUT2D eigenvalue weighted by Crippen LogP contribution is 2.18. The van der Waals surface area contributed by atoms with Gasteiger partial charge in [0.15, 0.2) is 0 Å². The van der Waals surface area contributed by atoms with Gasteiger partial charge in [-0.25, -0.2) is 8.42 Å². The predicted molar refractivity (Wildman–Crippen MR) is 108 cm³/mol. The molecule has 0 spiro atoms. The predicted octanol–water partition coefficient (Wildman–Crippen LogP) is 2.84. The minimum Gasteiger partial charge on any atom is -0.497 e. The summed E-state index contributed by atoms with van der Waals surface area (Å²) in [6.07, 6.45) is 2.86. The van der Waals surface area contributed by atoms with Crippen molar-refractivity contribution in [3.8, 4) is 5.75 Å². The molecule has 0 atom stereocenters. The number of ether oxygens (including phenoxy) is 1. The minimum atomic E-state index is -3.32. The van der Waals surface area contributed by atoms with E-state index in [-0.39, 0.29) is 5.91 Å². The summed E-state index contributed by atoms with van der Waals surface area (Å²) in [6, 6.07) is 14.5. The molecule has 2 rings (SSSR count). The van der Waals surface area contributed by atoms with E-state index in [0.717, 1.165) is 18.6 Å². The molecule has 6 nitrogen and oxygen atoms in total. The van der Waals surface area contributed by atoms with Gasteiger partial charge in [-0.3, -0.25) is 9.10 Å². The van der Waals surface area contributed by atoms with Crippen molar-refractivity contribution >= 4 is 21.6 Å². The lowest BCUT2D eigenvalue weighted by atomic mass is 10.1. The number of hydrogen-bond donors (Lipinski definition) is 1. The highest BCUT2D eigenvalue weighted by molar-refractivity contribution is 7.92. The van der Waals surface area contributed by atoms with Crippen LogP contribution in [0.1, 0.15) is 29.3 Å². The number of anilines is 1. The molecule has 0 heterocycles. The molecule has 0 unspecified atom stereocenters. The monoisotopic (exact) mass is 390 g/mol. The molecule has 7 heteroatoms. The van der Waals surface area contributed by atoms with Gasteiger partial charge in [0, 0.05) is 18.7 Å². The van der Waals surface area contributed by atoms with Gasteiger partial charge in [0.05, 0.1) is 19.1 Å². The van der Waals surface area contributed by atoms with E-state index in [1.165, 1.54) is 16.1 Å². The van der Waals surface area contributed by atoms with Crippen molar-refractivity contribution < 1.29 is 17.9 Å². The van der Waals surface area contributed by atoms with Crippen molar-refractivity contribution in [2.24, 2.45) is 0 Å². The maximum atomic E-state index is 12.2. The maximum absolute atomic E-state index is 12.2. The second-order valence-corrected chi connectivity index (χ2v) is 8.09. The topological polar surface area (TPSA) is 75.7 Å². The quantitative estimate of drug-likeness (QED) is 0.668. The third-order valence-corrected chi connectivity index (χ3v) is 5.46. The Labute approximate surface area is 161 Å². The average molecular weight is 391 g/mol. The molecule has 0 fully saturated rings. The lowest BCUT2D eigenvalue weighted by Gasteiger charge is -2.20. The van der Waals surface area contributed by atoms with Crippen LogP contribution in [0, 0.1) is 0 Å². The van der Waals surface area contributed by atoms with E-state index in [1.54, 1.807) is 38.3 Å². The number of amides is 1. The van der Waals surface area contributed by atoms with Gasteiger partial charge >= 0.3 is 0 Å². The summed E-state index contributed by atoms with van der Waals surface area (Å²) in [5.41, 5.74) is 2.25. The SMILES string of the molecule is CCN(c1ccc(C(=O)NCCCc2ccc(OC)cc2)cc1)S(C)(=O)=O.